The van der Waals surface area contributed by atoms with E-state index in [0.717, 1.165) is 6.42 Å². The topological polar surface area (TPSA) is 29.5 Å². The summed E-state index contributed by atoms with van der Waals surface area (Å²) in [5.41, 5.74) is -4.77. The third-order valence-electron chi connectivity index (χ3n) is 2.69. The van der Waals surface area contributed by atoms with Gasteiger partial charge in [-0.3, -0.25) is 9.69 Å². The van der Waals surface area contributed by atoms with Crippen molar-refractivity contribution in [3.05, 3.63) is 0 Å². The molecule has 0 aliphatic carbocycles. The Bertz CT molecular complexity index is 315. The lowest BCUT2D eigenvalue weighted by molar-refractivity contribution is -0.160. The molecule has 0 aromatic heterocycles. The summed E-state index contributed by atoms with van der Waals surface area (Å²) in [6.45, 7) is 6.26. The molecular formula is C12H20F3NO2S. The van der Waals surface area contributed by atoms with Crippen molar-refractivity contribution < 1.29 is 22.7 Å². The van der Waals surface area contributed by atoms with Gasteiger partial charge in [-0.15, -0.1) is 0 Å². The lowest BCUT2D eigenvalue weighted by Crippen LogP contribution is -2.41. The number of hydrogen-bond donors (Lipinski definition) is 0. The number of hydrogen-bond acceptors (Lipinski definition) is 4. The number of likely N-dealkylation sites (tertiary alicyclic amines) is 1. The van der Waals surface area contributed by atoms with E-state index in [1.54, 1.807) is 25.7 Å². The van der Waals surface area contributed by atoms with Crippen LogP contribution in [-0.2, 0) is 9.53 Å². The van der Waals surface area contributed by atoms with Crippen molar-refractivity contribution in [1.82, 2.24) is 4.90 Å². The zero-order valence-electron chi connectivity index (χ0n) is 11.4. The van der Waals surface area contributed by atoms with Crippen LogP contribution in [0.25, 0.3) is 0 Å². The summed E-state index contributed by atoms with van der Waals surface area (Å²) in [5.74, 6) is -0.384. The number of carbonyl (C=O) groups is 1. The molecule has 1 saturated heterocycles. The molecular weight excluding hydrogens is 279 g/mol. The third-order valence-corrected chi connectivity index (χ3v) is 3.40. The van der Waals surface area contributed by atoms with Gasteiger partial charge in [-0.25, -0.2) is 0 Å². The van der Waals surface area contributed by atoms with E-state index in [1.807, 2.05) is 0 Å². The van der Waals surface area contributed by atoms with Gasteiger partial charge < -0.3 is 4.74 Å². The average molecular weight is 299 g/mol. The van der Waals surface area contributed by atoms with Crippen LogP contribution < -0.4 is 0 Å². The van der Waals surface area contributed by atoms with Gasteiger partial charge in [-0.2, -0.15) is 13.2 Å². The van der Waals surface area contributed by atoms with Gasteiger partial charge in [0.15, 0.2) is 0 Å². The van der Waals surface area contributed by atoms with Gasteiger partial charge in [-0.05, 0) is 51.9 Å². The molecule has 0 amide bonds. The van der Waals surface area contributed by atoms with E-state index >= 15 is 0 Å². The maximum absolute atomic E-state index is 12.1. The molecule has 0 aromatic rings. The first-order valence-corrected chi connectivity index (χ1v) is 7.25. The normalized spacial score (nSPS) is 21.7. The Labute approximate surface area is 115 Å². The molecule has 0 bridgehead atoms. The van der Waals surface area contributed by atoms with E-state index in [-0.39, 0.29) is 30.0 Å². The van der Waals surface area contributed by atoms with Crippen molar-refractivity contribution in [3.8, 4) is 0 Å². The van der Waals surface area contributed by atoms with Crippen LogP contribution in [0.1, 0.15) is 33.6 Å². The molecule has 1 aliphatic heterocycles. The van der Waals surface area contributed by atoms with Crippen LogP contribution in [0.5, 0.6) is 0 Å². The summed E-state index contributed by atoms with van der Waals surface area (Å²) < 4.78 is 41.5. The van der Waals surface area contributed by atoms with Crippen molar-refractivity contribution in [2.24, 2.45) is 0 Å². The molecule has 1 aliphatic rings. The molecule has 1 rings (SSSR count). The minimum Gasteiger partial charge on any atom is -0.459 e. The smallest absolute Gasteiger partial charge is 0.441 e. The quantitative estimate of drug-likeness (QED) is 0.746. The standard InChI is InChI=1S/C12H20F3NO2S/c1-11(2,3)18-10(17)9-5-4-6-16(9)7-8-19-12(13,14)15/h9H,4-8H2,1-3H3/t9-/m0/s1. The minimum absolute atomic E-state index is 0.0465. The van der Waals surface area contributed by atoms with E-state index in [9.17, 15) is 18.0 Å². The Morgan fingerprint density at radius 1 is 1.37 bits per heavy atom. The van der Waals surface area contributed by atoms with Gasteiger partial charge in [0, 0.05) is 12.3 Å². The highest BCUT2D eigenvalue weighted by atomic mass is 32.2. The Balaban J connectivity index is 2.43. The van der Waals surface area contributed by atoms with Crippen LogP contribution in [0.2, 0.25) is 0 Å². The largest absolute Gasteiger partial charge is 0.459 e. The van der Waals surface area contributed by atoms with Crippen LogP contribution in [-0.4, -0.2) is 46.9 Å². The summed E-state index contributed by atoms with van der Waals surface area (Å²) in [5, 5.41) is 0. The lowest BCUT2D eigenvalue weighted by atomic mass is 10.1. The third kappa shape index (κ3) is 6.51. The Kier molecular flexibility index (Phi) is 5.55. The zero-order valence-corrected chi connectivity index (χ0v) is 12.2. The fourth-order valence-electron chi connectivity index (χ4n) is 2.01. The van der Waals surface area contributed by atoms with E-state index in [1.165, 1.54) is 0 Å². The van der Waals surface area contributed by atoms with Crippen LogP contribution in [0.4, 0.5) is 13.2 Å². The van der Waals surface area contributed by atoms with Crippen LogP contribution in [0, 0.1) is 0 Å². The van der Waals surface area contributed by atoms with Crippen molar-refractivity contribution in [2.75, 3.05) is 18.8 Å². The van der Waals surface area contributed by atoms with Crippen molar-refractivity contribution >= 4 is 17.7 Å². The highest BCUT2D eigenvalue weighted by Crippen LogP contribution is 2.30. The van der Waals surface area contributed by atoms with Gasteiger partial charge in [0.2, 0.25) is 0 Å². The second-order valence-electron chi connectivity index (χ2n) is 5.52. The maximum atomic E-state index is 12.1. The molecule has 19 heavy (non-hydrogen) atoms. The molecule has 7 heteroatoms. The molecule has 112 valence electrons. The minimum atomic E-state index is -4.21. The summed E-state index contributed by atoms with van der Waals surface area (Å²) in [7, 11) is 0. The number of nitrogens with zero attached hydrogens (tertiary/aromatic N) is 1. The van der Waals surface area contributed by atoms with Gasteiger partial charge in [0.05, 0.1) is 0 Å². The first-order chi connectivity index (χ1) is 8.58. The number of rotatable bonds is 4. The number of esters is 1. The Morgan fingerprint density at radius 3 is 2.53 bits per heavy atom. The SMILES string of the molecule is CC(C)(C)OC(=O)[C@@H]1CCCN1CCSC(F)(F)F. The molecule has 0 saturated carbocycles. The van der Waals surface area contributed by atoms with Gasteiger partial charge >= 0.3 is 11.5 Å². The van der Waals surface area contributed by atoms with Crippen LogP contribution in [0.15, 0.2) is 0 Å². The summed E-state index contributed by atoms with van der Waals surface area (Å²) in [4.78, 5) is 13.7. The van der Waals surface area contributed by atoms with E-state index in [4.69, 9.17) is 4.74 Å². The van der Waals surface area contributed by atoms with Crippen LogP contribution >= 0.6 is 11.8 Å². The second kappa shape index (κ2) is 6.35. The van der Waals surface area contributed by atoms with Gasteiger partial charge in [0.25, 0.3) is 0 Å². The van der Waals surface area contributed by atoms with Crippen molar-refractivity contribution in [2.45, 2.75) is 50.8 Å². The van der Waals surface area contributed by atoms with E-state index in [2.05, 4.69) is 0 Å². The molecule has 0 aromatic carbocycles. The number of carbonyl (C=O) groups excluding carboxylic acids is 1. The summed E-state index contributed by atoms with van der Waals surface area (Å²) in [6.07, 6.45) is 1.48. The molecule has 1 atom stereocenters. The predicted octanol–water partition coefficient (Wildman–Crippen LogP) is 3.05. The maximum Gasteiger partial charge on any atom is 0.441 e. The first-order valence-electron chi connectivity index (χ1n) is 6.26. The highest BCUT2D eigenvalue weighted by Gasteiger charge is 2.35. The fraction of sp³-hybridized carbons (Fsp3) is 0.917. The molecule has 1 fully saturated rings. The predicted molar refractivity (Wildman–Crippen MR) is 69.0 cm³/mol. The molecule has 0 N–H and O–H groups in total. The Morgan fingerprint density at radius 2 is 2.00 bits per heavy atom. The van der Waals surface area contributed by atoms with E-state index < -0.39 is 17.2 Å². The number of halogens is 3. The fourth-order valence-corrected chi connectivity index (χ4v) is 2.57. The van der Waals surface area contributed by atoms with Crippen molar-refractivity contribution in [1.29, 1.82) is 0 Å². The molecule has 0 radical (unpaired) electrons. The molecule has 0 spiro atoms. The number of ether oxygens (including phenoxy) is 1. The zero-order chi connectivity index (χ0) is 14.7. The summed E-state index contributed by atoms with van der Waals surface area (Å²) >= 11 is -0.0465. The van der Waals surface area contributed by atoms with Crippen LogP contribution in [0.3, 0.4) is 0 Å². The highest BCUT2D eigenvalue weighted by molar-refractivity contribution is 8.00. The summed E-state index contributed by atoms with van der Waals surface area (Å²) in [6, 6.07) is -0.395. The van der Waals surface area contributed by atoms with Gasteiger partial charge in [-0.1, -0.05) is 0 Å². The van der Waals surface area contributed by atoms with E-state index in [0.29, 0.717) is 13.0 Å². The first kappa shape index (κ1) is 16.6. The molecule has 3 nitrogen and oxygen atoms in total. The number of alkyl halides is 3. The lowest BCUT2D eigenvalue weighted by Gasteiger charge is -2.27. The monoisotopic (exact) mass is 299 g/mol. The van der Waals surface area contributed by atoms with Gasteiger partial charge in [0.1, 0.15) is 11.6 Å². The molecule has 1 heterocycles. The second-order valence-corrected chi connectivity index (χ2v) is 6.68. The number of thioether (sulfide) groups is 1. The van der Waals surface area contributed by atoms with Crippen molar-refractivity contribution in [3.63, 3.8) is 0 Å². The average Bonchev–Trinajstić information content (AvgIpc) is 2.61. The Hall–Kier alpha value is -0.430. The molecule has 0 unspecified atom stereocenters.